The molecule has 55 heavy (non-hydrogen) atoms. The van der Waals surface area contributed by atoms with Crippen molar-refractivity contribution in [3.63, 3.8) is 0 Å². The van der Waals surface area contributed by atoms with Gasteiger partial charge in [0, 0.05) is 30.1 Å². The molecule has 5 heterocycles. The van der Waals surface area contributed by atoms with Crippen molar-refractivity contribution in [1.82, 2.24) is 25.1 Å². The number of rotatable bonds is 11. The highest BCUT2D eigenvalue weighted by Crippen LogP contribution is 2.40. The van der Waals surface area contributed by atoms with Crippen LogP contribution < -0.4 is 5.32 Å². The number of nitrogens with zero attached hydrogens (tertiary/aromatic N) is 4. The van der Waals surface area contributed by atoms with Crippen LogP contribution in [0, 0.1) is 17.8 Å². The van der Waals surface area contributed by atoms with E-state index in [4.69, 9.17) is 19.5 Å². The van der Waals surface area contributed by atoms with E-state index in [9.17, 15) is 19.2 Å². The lowest BCUT2D eigenvalue weighted by molar-refractivity contribution is -0.148. The van der Waals surface area contributed by atoms with Gasteiger partial charge in [0.2, 0.25) is 11.8 Å². The maximum absolute atomic E-state index is 13.7. The second kappa shape index (κ2) is 16.0. The number of nitrogens with one attached hydrogen (secondary N) is 2. The molecular weight excluding hydrogens is 717 g/mol. The number of benzene rings is 2. The van der Waals surface area contributed by atoms with Crippen molar-refractivity contribution in [3.05, 3.63) is 59.2 Å². The number of thiophene rings is 1. The number of carbonyl (C=O) groups excluding carboxylic acids is 4. The number of likely N-dealkylation sites (tertiary alicyclic amines) is 2. The van der Waals surface area contributed by atoms with Crippen molar-refractivity contribution in [2.75, 3.05) is 27.3 Å². The standard InChI is InChI=1S/C42H50N6O6S/c1-23(2)29(21-37(49)53-5)40(50)48-16-8-10-35(48)39-44-30-14-13-27(19-32(30)45-39)36-20-28(22-55-36)25-11-12-26-18-33(43-31(26)17-25)34-9-7-15-47(34)41(51)38(24(3)4)46-42(52)54-6/h11-14,17,19-20,22-24,29,34-35,38H,7-10,15-16,18,21H2,1-6H3,(H,44,45)(H,46,52)/t29-,34-,35-,38-/m0/s1. The van der Waals surface area contributed by atoms with Crippen LogP contribution in [-0.4, -0.2) is 88.7 Å². The third kappa shape index (κ3) is 7.76. The highest BCUT2D eigenvalue weighted by atomic mass is 32.1. The summed E-state index contributed by atoms with van der Waals surface area (Å²) in [5.41, 5.74) is 8.09. The van der Waals surface area contributed by atoms with Crippen molar-refractivity contribution in [1.29, 1.82) is 0 Å². The van der Waals surface area contributed by atoms with Gasteiger partial charge < -0.3 is 29.6 Å². The number of alkyl carbamates (subject to hydrolysis) is 1. The van der Waals surface area contributed by atoms with Crippen LogP contribution >= 0.6 is 11.3 Å². The molecule has 2 aromatic carbocycles. The van der Waals surface area contributed by atoms with Crippen LogP contribution in [0.2, 0.25) is 0 Å². The van der Waals surface area contributed by atoms with Crippen LogP contribution in [0.25, 0.3) is 32.6 Å². The Balaban J connectivity index is 1.07. The Morgan fingerprint density at radius 3 is 2.31 bits per heavy atom. The summed E-state index contributed by atoms with van der Waals surface area (Å²) < 4.78 is 9.67. The van der Waals surface area contributed by atoms with Gasteiger partial charge in [0.1, 0.15) is 11.9 Å². The molecule has 3 amide bonds. The molecule has 3 aliphatic heterocycles. The van der Waals surface area contributed by atoms with Crippen LogP contribution in [0.3, 0.4) is 0 Å². The van der Waals surface area contributed by atoms with Gasteiger partial charge in [-0.15, -0.1) is 11.3 Å². The smallest absolute Gasteiger partial charge is 0.407 e. The minimum Gasteiger partial charge on any atom is -0.469 e. The average molecular weight is 767 g/mol. The lowest BCUT2D eigenvalue weighted by Crippen LogP contribution is -2.53. The van der Waals surface area contributed by atoms with Gasteiger partial charge in [0.15, 0.2) is 0 Å². The molecule has 0 saturated carbocycles. The van der Waals surface area contributed by atoms with E-state index in [1.165, 1.54) is 14.2 Å². The van der Waals surface area contributed by atoms with Crippen molar-refractivity contribution >= 4 is 57.6 Å². The first-order chi connectivity index (χ1) is 26.4. The summed E-state index contributed by atoms with van der Waals surface area (Å²) in [7, 11) is 2.66. The number of aromatic amines is 1. The van der Waals surface area contributed by atoms with Crippen molar-refractivity contribution in [3.8, 4) is 21.6 Å². The number of esters is 1. The van der Waals surface area contributed by atoms with Crippen molar-refractivity contribution < 1.29 is 28.7 Å². The molecule has 4 atom stereocenters. The Hall–Kier alpha value is -5.04. The van der Waals surface area contributed by atoms with Gasteiger partial charge in [-0.1, -0.05) is 45.9 Å². The van der Waals surface area contributed by atoms with Gasteiger partial charge in [-0.05, 0) is 89.4 Å². The second-order valence-corrected chi connectivity index (χ2v) is 16.5. The summed E-state index contributed by atoms with van der Waals surface area (Å²) >= 11 is 1.68. The number of amides is 3. The predicted molar refractivity (Wildman–Crippen MR) is 213 cm³/mol. The van der Waals surface area contributed by atoms with Gasteiger partial charge in [0.05, 0.1) is 55.4 Å². The Morgan fingerprint density at radius 2 is 1.60 bits per heavy atom. The Morgan fingerprint density at radius 1 is 0.873 bits per heavy atom. The molecule has 0 radical (unpaired) electrons. The maximum atomic E-state index is 13.7. The van der Waals surface area contributed by atoms with Crippen LogP contribution in [0.1, 0.15) is 77.2 Å². The number of methoxy groups -OCH3 is 2. The van der Waals surface area contributed by atoms with E-state index in [2.05, 4.69) is 52.1 Å². The highest BCUT2D eigenvalue weighted by molar-refractivity contribution is 7.14. The number of carbonyl (C=O) groups is 4. The predicted octanol–water partition coefficient (Wildman–Crippen LogP) is 7.46. The van der Waals surface area contributed by atoms with E-state index in [-0.39, 0.29) is 48.1 Å². The molecule has 0 aliphatic carbocycles. The average Bonchev–Trinajstić information content (AvgIpc) is 4.02. The summed E-state index contributed by atoms with van der Waals surface area (Å²) in [6, 6.07) is 13.9. The van der Waals surface area contributed by atoms with E-state index >= 15 is 0 Å². The number of hydrogen-bond acceptors (Lipinski definition) is 9. The first-order valence-corrected chi connectivity index (χ1v) is 20.1. The minimum atomic E-state index is -0.663. The molecule has 4 aromatic rings. The molecule has 2 fully saturated rings. The number of imidazole rings is 1. The van der Waals surface area contributed by atoms with Crippen molar-refractivity contribution in [2.45, 2.75) is 84.3 Å². The van der Waals surface area contributed by atoms with E-state index in [0.717, 1.165) is 81.1 Å². The molecular formula is C42H50N6O6S. The number of aromatic nitrogens is 2. The van der Waals surface area contributed by atoms with E-state index in [1.54, 1.807) is 11.3 Å². The van der Waals surface area contributed by atoms with Crippen LogP contribution in [0.5, 0.6) is 0 Å². The highest BCUT2D eigenvalue weighted by Gasteiger charge is 2.40. The molecule has 0 bridgehead atoms. The monoisotopic (exact) mass is 766 g/mol. The lowest BCUT2D eigenvalue weighted by atomic mass is 9.91. The number of aliphatic imine (C=N–C) groups is 1. The summed E-state index contributed by atoms with van der Waals surface area (Å²) in [4.78, 5) is 69.9. The van der Waals surface area contributed by atoms with Gasteiger partial charge in [0.25, 0.3) is 0 Å². The molecule has 12 nitrogen and oxygen atoms in total. The molecule has 2 saturated heterocycles. The summed E-state index contributed by atoms with van der Waals surface area (Å²) in [6.45, 7) is 9.05. The largest absolute Gasteiger partial charge is 0.469 e. The Labute approximate surface area is 325 Å². The molecule has 290 valence electrons. The van der Waals surface area contributed by atoms with E-state index < -0.39 is 18.1 Å². The zero-order valence-corrected chi connectivity index (χ0v) is 33.2. The maximum Gasteiger partial charge on any atom is 0.407 e. The first kappa shape index (κ1) is 38.2. The summed E-state index contributed by atoms with van der Waals surface area (Å²) in [6.07, 6.45) is 3.58. The van der Waals surface area contributed by atoms with Gasteiger partial charge in [-0.2, -0.15) is 0 Å². The van der Waals surface area contributed by atoms with E-state index in [0.29, 0.717) is 19.5 Å². The zero-order valence-electron chi connectivity index (χ0n) is 32.4. The normalized spacial score (nSPS) is 19.2. The SMILES string of the molecule is COC(=O)C[C@H](C(=O)N1CCC[C@H]1c1nc2ccc(-c3cc(-c4ccc5c(c4)N=C([C@@H]4CCCN4C(=O)[C@@H](NC(=O)OC)C(C)C)C5)cs3)cc2[nH]1)C(C)C. The molecule has 13 heteroatoms. The Kier molecular flexibility index (Phi) is 11.1. The Bertz CT molecular complexity index is 2140. The summed E-state index contributed by atoms with van der Waals surface area (Å²) in [5, 5.41) is 4.89. The van der Waals surface area contributed by atoms with E-state index in [1.807, 2.05) is 43.6 Å². The third-order valence-corrected chi connectivity index (χ3v) is 12.3. The minimum absolute atomic E-state index is 0.00535. The molecule has 0 spiro atoms. The lowest BCUT2D eigenvalue weighted by Gasteiger charge is -2.30. The molecule has 2 aromatic heterocycles. The molecule has 3 aliphatic rings. The molecule has 7 rings (SSSR count). The fourth-order valence-corrected chi connectivity index (χ4v) is 9.13. The van der Waals surface area contributed by atoms with Crippen LogP contribution in [0.15, 0.2) is 52.8 Å². The third-order valence-electron chi connectivity index (χ3n) is 11.3. The second-order valence-electron chi connectivity index (χ2n) is 15.5. The van der Waals surface area contributed by atoms with Crippen molar-refractivity contribution in [2.24, 2.45) is 22.7 Å². The fourth-order valence-electron chi connectivity index (χ4n) is 8.21. The number of hydrogen-bond donors (Lipinski definition) is 2. The molecule has 2 N–H and O–H groups in total. The number of fused-ring (bicyclic) bond motifs is 2. The zero-order chi connectivity index (χ0) is 39.0. The van der Waals surface area contributed by atoms with Crippen LogP contribution in [0.4, 0.5) is 10.5 Å². The first-order valence-electron chi connectivity index (χ1n) is 19.3. The van der Waals surface area contributed by atoms with Crippen LogP contribution in [-0.2, 0) is 30.3 Å². The quantitative estimate of drug-likeness (QED) is 0.151. The van der Waals surface area contributed by atoms with Gasteiger partial charge in [-0.3, -0.25) is 19.4 Å². The van der Waals surface area contributed by atoms with Gasteiger partial charge in [-0.25, -0.2) is 9.78 Å². The fraction of sp³-hybridized carbons (Fsp3) is 0.476. The van der Waals surface area contributed by atoms with Gasteiger partial charge >= 0.3 is 12.1 Å². The summed E-state index contributed by atoms with van der Waals surface area (Å²) in [5.74, 6) is -0.243. The number of H-pyrrole nitrogens is 1. The number of ether oxygens (including phenoxy) is 2. The molecule has 0 unspecified atom stereocenters. The topological polar surface area (TPSA) is 146 Å².